The summed E-state index contributed by atoms with van der Waals surface area (Å²) in [4.78, 5) is 8.98. The molecule has 0 saturated heterocycles. The highest BCUT2D eigenvalue weighted by Crippen LogP contribution is 2.34. The lowest BCUT2D eigenvalue weighted by atomic mass is 10.1. The normalized spacial score (nSPS) is 10.9. The molecule has 0 unspecified atom stereocenters. The Kier molecular flexibility index (Phi) is 3.63. The molecule has 0 aliphatic carbocycles. The Balaban J connectivity index is 2.10. The van der Waals surface area contributed by atoms with E-state index in [9.17, 15) is 0 Å². The number of hydrogen-bond donors (Lipinski definition) is 0. The number of thiophene rings is 1. The summed E-state index contributed by atoms with van der Waals surface area (Å²) in [5.74, 6) is 1.49. The van der Waals surface area contributed by atoms with Gasteiger partial charge in [0.2, 0.25) is 5.88 Å². The predicted octanol–water partition coefficient (Wildman–Crippen LogP) is 4.82. The minimum absolute atomic E-state index is 0.642. The standard InChI is InChI=1S/C15H14N2OS2/c1-9-5-4-6-12(10(9)2)18-14-13-11(7-8-20-13)16-15(17-14)19-3/h4-8H,1-3H3. The van der Waals surface area contributed by atoms with Gasteiger partial charge in [0.05, 0.1) is 5.52 Å². The highest BCUT2D eigenvalue weighted by molar-refractivity contribution is 7.98. The first-order valence-corrected chi connectivity index (χ1v) is 8.33. The van der Waals surface area contributed by atoms with Gasteiger partial charge in [-0.2, -0.15) is 4.98 Å². The van der Waals surface area contributed by atoms with Gasteiger partial charge in [-0.15, -0.1) is 11.3 Å². The Morgan fingerprint density at radius 3 is 2.80 bits per heavy atom. The highest BCUT2D eigenvalue weighted by atomic mass is 32.2. The van der Waals surface area contributed by atoms with Crippen LogP contribution in [0.2, 0.25) is 0 Å². The summed E-state index contributed by atoms with van der Waals surface area (Å²) in [5.41, 5.74) is 3.29. The number of ether oxygens (including phenoxy) is 1. The number of aryl methyl sites for hydroxylation is 1. The molecule has 0 amide bonds. The number of aromatic nitrogens is 2. The molecule has 102 valence electrons. The summed E-state index contributed by atoms with van der Waals surface area (Å²) in [5, 5.41) is 2.75. The van der Waals surface area contributed by atoms with Crippen molar-refractivity contribution in [1.82, 2.24) is 9.97 Å². The van der Waals surface area contributed by atoms with Crippen LogP contribution in [0.3, 0.4) is 0 Å². The van der Waals surface area contributed by atoms with E-state index in [1.165, 1.54) is 17.3 Å². The molecule has 0 spiro atoms. The maximum absolute atomic E-state index is 6.05. The zero-order valence-electron chi connectivity index (χ0n) is 11.5. The molecule has 0 bridgehead atoms. The van der Waals surface area contributed by atoms with E-state index in [1.807, 2.05) is 29.8 Å². The van der Waals surface area contributed by atoms with E-state index >= 15 is 0 Å². The van der Waals surface area contributed by atoms with Crippen molar-refractivity contribution in [1.29, 1.82) is 0 Å². The number of rotatable bonds is 3. The van der Waals surface area contributed by atoms with Crippen molar-refractivity contribution in [2.75, 3.05) is 6.26 Å². The summed E-state index contributed by atoms with van der Waals surface area (Å²) in [6.45, 7) is 4.14. The van der Waals surface area contributed by atoms with E-state index in [0.717, 1.165) is 26.7 Å². The van der Waals surface area contributed by atoms with Crippen LogP contribution in [0.4, 0.5) is 0 Å². The maximum atomic E-state index is 6.05. The molecule has 0 fully saturated rings. The third-order valence-corrected chi connectivity index (χ3v) is 4.64. The van der Waals surface area contributed by atoms with Crippen molar-refractivity contribution in [2.24, 2.45) is 0 Å². The van der Waals surface area contributed by atoms with Crippen LogP contribution in [0.25, 0.3) is 10.2 Å². The average Bonchev–Trinajstić information content (AvgIpc) is 2.92. The Labute approximate surface area is 126 Å². The van der Waals surface area contributed by atoms with Crippen molar-refractivity contribution in [3.63, 3.8) is 0 Å². The van der Waals surface area contributed by atoms with E-state index < -0.39 is 0 Å². The molecule has 2 aromatic heterocycles. The highest BCUT2D eigenvalue weighted by Gasteiger charge is 2.12. The Morgan fingerprint density at radius 2 is 2.00 bits per heavy atom. The van der Waals surface area contributed by atoms with Gasteiger partial charge in [-0.1, -0.05) is 23.9 Å². The van der Waals surface area contributed by atoms with Crippen LogP contribution < -0.4 is 4.74 Å². The molecule has 2 heterocycles. The fourth-order valence-corrected chi connectivity index (χ4v) is 3.04. The first-order valence-electron chi connectivity index (χ1n) is 6.22. The summed E-state index contributed by atoms with van der Waals surface area (Å²) >= 11 is 3.12. The topological polar surface area (TPSA) is 35.0 Å². The van der Waals surface area contributed by atoms with Crippen molar-refractivity contribution < 1.29 is 4.74 Å². The quantitative estimate of drug-likeness (QED) is 0.513. The third-order valence-electron chi connectivity index (χ3n) is 3.20. The van der Waals surface area contributed by atoms with E-state index in [0.29, 0.717) is 5.88 Å². The molecule has 0 aliphatic rings. The first-order chi connectivity index (χ1) is 9.69. The molecule has 1 aromatic carbocycles. The van der Waals surface area contributed by atoms with E-state index in [2.05, 4.69) is 29.9 Å². The monoisotopic (exact) mass is 302 g/mol. The fraction of sp³-hybridized carbons (Fsp3) is 0.200. The molecule has 0 aliphatic heterocycles. The number of hydrogen-bond acceptors (Lipinski definition) is 5. The lowest BCUT2D eigenvalue weighted by Gasteiger charge is -2.10. The molecule has 20 heavy (non-hydrogen) atoms. The van der Waals surface area contributed by atoms with Crippen molar-refractivity contribution in [3.8, 4) is 11.6 Å². The van der Waals surface area contributed by atoms with Crippen LogP contribution in [-0.2, 0) is 0 Å². The molecule has 3 nitrogen and oxygen atoms in total. The summed E-state index contributed by atoms with van der Waals surface area (Å²) in [6.07, 6.45) is 1.97. The number of nitrogens with zero attached hydrogens (tertiary/aromatic N) is 2. The van der Waals surface area contributed by atoms with Crippen LogP contribution >= 0.6 is 23.1 Å². The molecule has 0 radical (unpaired) electrons. The number of benzene rings is 1. The van der Waals surface area contributed by atoms with E-state index in [1.54, 1.807) is 11.3 Å². The minimum Gasteiger partial charge on any atom is -0.437 e. The molecule has 3 rings (SSSR count). The Morgan fingerprint density at radius 1 is 1.15 bits per heavy atom. The molecular weight excluding hydrogens is 288 g/mol. The SMILES string of the molecule is CSc1nc(Oc2cccc(C)c2C)c2sccc2n1. The molecule has 0 atom stereocenters. The lowest BCUT2D eigenvalue weighted by Crippen LogP contribution is -1.95. The van der Waals surface area contributed by atoms with Gasteiger partial charge in [-0.3, -0.25) is 0 Å². The minimum atomic E-state index is 0.642. The van der Waals surface area contributed by atoms with Gasteiger partial charge in [0, 0.05) is 0 Å². The fourth-order valence-electron chi connectivity index (χ4n) is 1.92. The Hall–Kier alpha value is -1.59. The second-order valence-corrected chi connectivity index (χ2v) is 6.14. The smallest absolute Gasteiger partial charge is 0.241 e. The van der Waals surface area contributed by atoms with Gasteiger partial charge in [-0.05, 0) is 48.7 Å². The van der Waals surface area contributed by atoms with Crippen LogP contribution in [0.5, 0.6) is 11.6 Å². The lowest BCUT2D eigenvalue weighted by molar-refractivity contribution is 0.460. The van der Waals surface area contributed by atoms with Gasteiger partial charge in [0.25, 0.3) is 0 Å². The van der Waals surface area contributed by atoms with Crippen molar-refractivity contribution in [2.45, 2.75) is 19.0 Å². The summed E-state index contributed by atoms with van der Waals surface area (Å²) in [6, 6.07) is 8.05. The van der Waals surface area contributed by atoms with Crippen LogP contribution in [-0.4, -0.2) is 16.2 Å². The van der Waals surface area contributed by atoms with Gasteiger partial charge < -0.3 is 4.74 Å². The van der Waals surface area contributed by atoms with Crippen LogP contribution in [0, 0.1) is 13.8 Å². The summed E-state index contributed by atoms with van der Waals surface area (Å²) < 4.78 is 7.04. The van der Waals surface area contributed by atoms with Gasteiger partial charge >= 0.3 is 0 Å². The predicted molar refractivity (Wildman–Crippen MR) is 85.2 cm³/mol. The number of fused-ring (bicyclic) bond motifs is 1. The van der Waals surface area contributed by atoms with Crippen LogP contribution in [0.15, 0.2) is 34.8 Å². The van der Waals surface area contributed by atoms with Gasteiger partial charge in [-0.25, -0.2) is 4.98 Å². The molecule has 0 saturated carbocycles. The first kappa shape index (κ1) is 13.4. The Bertz CT molecular complexity index is 768. The summed E-state index contributed by atoms with van der Waals surface area (Å²) in [7, 11) is 0. The largest absolute Gasteiger partial charge is 0.437 e. The zero-order valence-corrected chi connectivity index (χ0v) is 13.1. The second-order valence-electron chi connectivity index (χ2n) is 4.45. The third kappa shape index (κ3) is 2.39. The van der Waals surface area contributed by atoms with Crippen LogP contribution in [0.1, 0.15) is 11.1 Å². The zero-order chi connectivity index (χ0) is 14.1. The van der Waals surface area contributed by atoms with E-state index in [-0.39, 0.29) is 0 Å². The second kappa shape index (κ2) is 5.42. The van der Waals surface area contributed by atoms with E-state index in [4.69, 9.17) is 4.74 Å². The molecular formula is C15H14N2OS2. The van der Waals surface area contributed by atoms with Gasteiger partial charge in [0.1, 0.15) is 10.4 Å². The van der Waals surface area contributed by atoms with Gasteiger partial charge in [0.15, 0.2) is 5.16 Å². The maximum Gasteiger partial charge on any atom is 0.241 e. The molecule has 0 N–H and O–H groups in total. The average molecular weight is 302 g/mol. The molecule has 3 aromatic rings. The van der Waals surface area contributed by atoms with Crippen molar-refractivity contribution in [3.05, 3.63) is 40.8 Å². The van der Waals surface area contributed by atoms with Crippen molar-refractivity contribution >= 4 is 33.3 Å². The molecule has 5 heteroatoms. The number of thioether (sulfide) groups is 1.